The quantitative estimate of drug-likeness (QED) is 0.308. The number of hydrogen-bond acceptors (Lipinski definition) is 2. The Hall–Kier alpha value is -2.17. The molecule has 26 heavy (non-hydrogen) atoms. The summed E-state index contributed by atoms with van der Waals surface area (Å²) in [6.45, 7) is 2.06. The van der Waals surface area contributed by atoms with E-state index in [0.717, 1.165) is 26.3 Å². The Morgan fingerprint density at radius 1 is 0.962 bits per heavy atom. The summed E-state index contributed by atoms with van der Waals surface area (Å²) in [6.07, 6.45) is 1.98. The van der Waals surface area contributed by atoms with Crippen molar-refractivity contribution in [3.63, 3.8) is 0 Å². The van der Waals surface area contributed by atoms with Gasteiger partial charge in [-0.05, 0) is 60.9 Å². The normalized spacial score (nSPS) is 11.9. The Balaban J connectivity index is 1.90. The molecule has 0 bridgehead atoms. The third-order valence-electron chi connectivity index (χ3n) is 3.68. The molecule has 4 heteroatoms. The number of hydrogen-bond donors (Lipinski definition) is 0. The fourth-order valence-corrected chi connectivity index (χ4v) is 3.44. The van der Waals surface area contributed by atoms with Crippen molar-refractivity contribution in [1.29, 1.82) is 0 Å². The summed E-state index contributed by atoms with van der Waals surface area (Å²) in [5, 5.41) is 1.97. The third kappa shape index (κ3) is 5.16. The summed E-state index contributed by atoms with van der Waals surface area (Å²) < 4.78 is 14.0. The standard InChI is InChI=1S/C22H17BrFNS/c1-16-6-10-18(11-7-16)25-22(20-4-2-3-5-21(20)23)14-15-26-19-12-8-17(24)9-13-19/h2-15H,1H3/b15-14+,25-22?. The number of aliphatic imine (C=N–C) groups is 1. The highest BCUT2D eigenvalue weighted by atomic mass is 79.9. The van der Waals surface area contributed by atoms with Gasteiger partial charge in [-0.2, -0.15) is 0 Å². The zero-order chi connectivity index (χ0) is 18.4. The number of halogens is 2. The van der Waals surface area contributed by atoms with E-state index in [4.69, 9.17) is 4.99 Å². The van der Waals surface area contributed by atoms with Crippen LogP contribution in [0.1, 0.15) is 11.1 Å². The molecule has 0 saturated carbocycles. The van der Waals surface area contributed by atoms with Gasteiger partial charge in [-0.25, -0.2) is 9.38 Å². The van der Waals surface area contributed by atoms with Crippen LogP contribution in [0, 0.1) is 12.7 Å². The van der Waals surface area contributed by atoms with Crippen molar-refractivity contribution in [1.82, 2.24) is 0 Å². The molecule has 0 aliphatic rings. The van der Waals surface area contributed by atoms with E-state index < -0.39 is 0 Å². The first-order valence-corrected chi connectivity index (χ1v) is 9.78. The van der Waals surface area contributed by atoms with E-state index in [2.05, 4.69) is 22.9 Å². The van der Waals surface area contributed by atoms with E-state index in [0.29, 0.717) is 0 Å². The van der Waals surface area contributed by atoms with Crippen LogP contribution in [0.2, 0.25) is 0 Å². The number of nitrogens with zero attached hydrogens (tertiary/aromatic N) is 1. The van der Waals surface area contributed by atoms with Crippen LogP contribution in [0.15, 0.2) is 98.6 Å². The van der Waals surface area contributed by atoms with Gasteiger partial charge in [0.05, 0.1) is 11.4 Å². The fourth-order valence-electron chi connectivity index (χ4n) is 2.30. The van der Waals surface area contributed by atoms with E-state index >= 15 is 0 Å². The molecule has 3 aromatic carbocycles. The molecule has 0 atom stereocenters. The highest BCUT2D eigenvalue weighted by Gasteiger charge is 2.05. The lowest BCUT2D eigenvalue weighted by molar-refractivity contribution is 0.626. The van der Waals surface area contributed by atoms with Crippen LogP contribution in [0.3, 0.4) is 0 Å². The monoisotopic (exact) mass is 425 g/mol. The minimum absolute atomic E-state index is 0.229. The summed E-state index contributed by atoms with van der Waals surface area (Å²) in [5.74, 6) is -0.229. The smallest absolute Gasteiger partial charge is 0.123 e. The van der Waals surface area contributed by atoms with Gasteiger partial charge in [-0.15, -0.1) is 0 Å². The highest BCUT2D eigenvalue weighted by molar-refractivity contribution is 9.10. The second-order valence-corrected chi connectivity index (χ2v) is 7.52. The summed E-state index contributed by atoms with van der Waals surface area (Å²) in [7, 11) is 0. The zero-order valence-electron chi connectivity index (χ0n) is 14.2. The zero-order valence-corrected chi connectivity index (χ0v) is 16.6. The molecule has 0 N–H and O–H groups in total. The van der Waals surface area contributed by atoms with E-state index in [1.54, 1.807) is 12.1 Å². The number of rotatable bonds is 5. The number of allylic oxidation sites excluding steroid dienone is 1. The highest BCUT2D eigenvalue weighted by Crippen LogP contribution is 2.24. The van der Waals surface area contributed by atoms with E-state index in [9.17, 15) is 4.39 Å². The summed E-state index contributed by atoms with van der Waals surface area (Å²) >= 11 is 5.13. The van der Waals surface area contributed by atoms with Crippen molar-refractivity contribution in [2.45, 2.75) is 11.8 Å². The first-order chi connectivity index (χ1) is 12.6. The minimum atomic E-state index is -0.229. The molecule has 130 valence electrons. The summed E-state index contributed by atoms with van der Waals surface area (Å²) in [5.41, 5.74) is 3.98. The lowest BCUT2D eigenvalue weighted by Gasteiger charge is -2.06. The van der Waals surface area contributed by atoms with Gasteiger partial charge < -0.3 is 0 Å². The molecule has 0 aliphatic carbocycles. The van der Waals surface area contributed by atoms with Gasteiger partial charge in [0.15, 0.2) is 0 Å². The van der Waals surface area contributed by atoms with Crippen LogP contribution in [0.25, 0.3) is 0 Å². The number of aryl methyl sites for hydroxylation is 1. The Kier molecular flexibility index (Phi) is 6.42. The first kappa shape index (κ1) is 18.6. The second-order valence-electron chi connectivity index (χ2n) is 5.69. The van der Waals surface area contributed by atoms with E-state index in [-0.39, 0.29) is 5.82 Å². The maximum Gasteiger partial charge on any atom is 0.123 e. The molecule has 0 radical (unpaired) electrons. The molecule has 0 amide bonds. The largest absolute Gasteiger partial charge is 0.248 e. The molecule has 1 nitrogen and oxygen atoms in total. The maximum absolute atomic E-state index is 13.0. The first-order valence-electron chi connectivity index (χ1n) is 8.11. The SMILES string of the molecule is Cc1ccc(N=C(/C=C/Sc2ccc(F)cc2)c2ccccc2Br)cc1. The molecule has 0 unspecified atom stereocenters. The third-order valence-corrected chi connectivity index (χ3v) is 5.19. The van der Waals surface area contributed by atoms with Crippen LogP contribution < -0.4 is 0 Å². The Morgan fingerprint density at radius 2 is 1.65 bits per heavy atom. The molecular formula is C22H17BrFNS. The second kappa shape index (κ2) is 8.97. The Morgan fingerprint density at radius 3 is 2.35 bits per heavy atom. The van der Waals surface area contributed by atoms with Crippen molar-refractivity contribution in [3.8, 4) is 0 Å². The molecular weight excluding hydrogens is 409 g/mol. The van der Waals surface area contributed by atoms with Crippen LogP contribution in [0.4, 0.5) is 10.1 Å². The molecule has 0 spiro atoms. The fraction of sp³-hybridized carbons (Fsp3) is 0.0455. The molecule has 0 saturated heterocycles. The molecule has 3 rings (SSSR count). The Labute approximate surface area is 165 Å². The van der Waals surface area contributed by atoms with Gasteiger partial charge in [0.25, 0.3) is 0 Å². The number of benzene rings is 3. The van der Waals surface area contributed by atoms with Crippen molar-refractivity contribution in [2.75, 3.05) is 0 Å². The van der Waals surface area contributed by atoms with Crippen LogP contribution in [0.5, 0.6) is 0 Å². The van der Waals surface area contributed by atoms with Crippen molar-refractivity contribution >= 4 is 39.1 Å². The predicted molar refractivity (Wildman–Crippen MR) is 113 cm³/mol. The minimum Gasteiger partial charge on any atom is -0.248 e. The molecule has 0 aromatic heterocycles. The lowest BCUT2D eigenvalue weighted by Crippen LogP contribution is -1.97. The van der Waals surface area contributed by atoms with Gasteiger partial charge in [0.1, 0.15) is 5.82 Å². The van der Waals surface area contributed by atoms with Gasteiger partial charge in [-0.1, -0.05) is 63.6 Å². The van der Waals surface area contributed by atoms with Gasteiger partial charge in [0, 0.05) is 14.9 Å². The van der Waals surface area contributed by atoms with Crippen LogP contribution in [-0.4, -0.2) is 5.71 Å². The van der Waals surface area contributed by atoms with Crippen molar-refractivity contribution in [3.05, 3.63) is 106 Å². The Bertz CT molecular complexity index is 931. The molecule has 0 aliphatic heterocycles. The molecule has 0 fully saturated rings. The van der Waals surface area contributed by atoms with Gasteiger partial charge in [-0.3, -0.25) is 0 Å². The van der Waals surface area contributed by atoms with Crippen LogP contribution in [-0.2, 0) is 0 Å². The topological polar surface area (TPSA) is 12.4 Å². The average Bonchev–Trinajstić information content (AvgIpc) is 2.65. The summed E-state index contributed by atoms with van der Waals surface area (Å²) in [6, 6.07) is 22.6. The number of thioether (sulfide) groups is 1. The van der Waals surface area contributed by atoms with Gasteiger partial charge >= 0.3 is 0 Å². The predicted octanol–water partition coefficient (Wildman–Crippen LogP) is 7.32. The molecule has 0 heterocycles. The van der Waals surface area contributed by atoms with Crippen molar-refractivity contribution in [2.24, 2.45) is 4.99 Å². The average molecular weight is 426 g/mol. The van der Waals surface area contributed by atoms with E-state index in [1.807, 2.05) is 60.0 Å². The van der Waals surface area contributed by atoms with Crippen LogP contribution >= 0.6 is 27.7 Å². The van der Waals surface area contributed by atoms with Crippen molar-refractivity contribution < 1.29 is 4.39 Å². The maximum atomic E-state index is 13.0. The van der Waals surface area contributed by atoms with Gasteiger partial charge in [0.2, 0.25) is 0 Å². The van der Waals surface area contributed by atoms with E-state index in [1.165, 1.54) is 29.5 Å². The molecule has 3 aromatic rings. The lowest BCUT2D eigenvalue weighted by atomic mass is 10.1. The summed E-state index contributed by atoms with van der Waals surface area (Å²) in [4.78, 5) is 5.78.